The predicted octanol–water partition coefficient (Wildman–Crippen LogP) is 3.25. The van der Waals surface area contributed by atoms with E-state index in [0.29, 0.717) is 0 Å². The molecule has 0 bridgehead atoms. The van der Waals surface area contributed by atoms with E-state index in [-0.39, 0.29) is 24.8 Å². The minimum atomic E-state index is -0.865. The zero-order valence-electron chi connectivity index (χ0n) is 14.0. The molecule has 0 aromatic heterocycles. The molecule has 5 nitrogen and oxygen atoms in total. The van der Waals surface area contributed by atoms with Gasteiger partial charge in [-0.3, -0.25) is 9.59 Å². The summed E-state index contributed by atoms with van der Waals surface area (Å²) in [5, 5.41) is 8.97. The number of carbonyl (C=O) groups excluding carboxylic acids is 1. The van der Waals surface area contributed by atoms with Gasteiger partial charge in [-0.25, -0.2) is 0 Å². The number of hydrogen-bond acceptors (Lipinski definition) is 3. The van der Waals surface area contributed by atoms with Crippen molar-refractivity contribution >= 4 is 11.9 Å². The van der Waals surface area contributed by atoms with Gasteiger partial charge in [-0.15, -0.1) is 0 Å². The number of carboxylic acid groups (broad SMARTS) is 1. The van der Waals surface area contributed by atoms with Gasteiger partial charge in [-0.1, -0.05) is 26.0 Å². The molecule has 126 valence electrons. The van der Waals surface area contributed by atoms with E-state index in [1.165, 1.54) is 0 Å². The first-order valence-corrected chi connectivity index (χ1v) is 7.97. The summed E-state index contributed by atoms with van der Waals surface area (Å²) >= 11 is 0. The fourth-order valence-corrected chi connectivity index (χ4v) is 3.22. The van der Waals surface area contributed by atoms with Crippen LogP contribution in [0.15, 0.2) is 24.3 Å². The van der Waals surface area contributed by atoms with E-state index in [4.69, 9.17) is 9.84 Å². The van der Waals surface area contributed by atoms with Crippen molar-refractivity contribution < 1.29 is 19.4 Å². The number of ether oxygens (including phenoxy) is 1. The lowest BCUT2D eigenvalue weighted by Crippen LogP contribution is -2.34. The molecule has 0 aliphatic carbocycles. The second-order valence-corrected chi connectivity index (χ2v) is 6.93. The lowest BCUT2D eigenvalue weighted by atomic mass is 9.85. The summed E-state index contributed by atoms with van der Waals surface area (Å²) in [6.07, 6.45) is 2.17. The summed E-state index contributed by atoms with van der Waals surface area (Å²) in [5.41, 5.74) is 0.573. The maximum Gasteiger partial charge on any atom is 0.303 e. The van der Waals surface area contributed by atoms with Crippen molar-refractivity contribution in [2.24, 2.45) is 5.41 Å². The molecular weight excluding hydrogens is 294 g/mol. The van der Waals surface area contributed by atoms with Gasteiger partial charge in [0.2, 0.25) is 5.91 Å². The third kappa shape index (κ3) is 4.47. The molecule has 0 spiro atoms. The second-order valence-electron chi connectivity index (χ2n) is 6.93. The van der Waals surface area contributed by atoms with Gasteiger partial charge >= 0.3 is 5.97 Å². The van der Waals surface area contributed by atoms with Crippen LogP contribution < -0.4 is 4.74 Å². The third-order valence-corrected chi connectivity index (χ3v) is 4.33. The molecule has 0 radical (unpaired) electrons. The molecule has 0 unspecified atom stereocenters. The van der Waals surface area contributed by atoms with E-state index in [1.807, 2.05) is 43.0 Å². The molecule has 1 aliphatic rings. The van der Waals surface area contributed by atoms with Gasteiger partial charge in [0.25, 0.3) is 0 Å². The van der Waals surface area contributed by atoms with Gasteiger partial charge in [-0.2, -0.15) is 0 Å². The fraction of sp³-hybridized carbons (Fsp3) is 0.556. The fourth-order valence-electron chi connectivity index (χ4n) is 3.22. The van der Waals surface area contributed by atoms with Crippen molar-refractivity contribution in [3.8, 4) is 5.75 Å². The number of likely N-dealkylation sites (tertiary alicyclic amines) is 1. The Morgan fingerprint density at radius 2 is 1.91 bits per heavy atom. The topological polar surface area (TPSA) is 66.8 Å². The summed E-state index contributed by atoms with van der Waals surface area (Å²) in [4.78, 5) is 25.5. The number of rotatable bonds is 6. The van der Waals surface area contributed by atoms with E-state index in [2.05, 4.69) is 0 Å². The average Bonchev–Trinajstić information content (AvgIpc) is 2.95. The van der Waals surface area contributed by atoms with Crippen LogP contribution in [0, 0.1) is 5.41 Å². The number of carbonyl (C=O) groups is 2. The summed E-state index contributed by atoms with van der Waals surface area (Å²) in [6, 6.07) is 7.89. The molecule has 1 heterocycles. The minimum Gasteiger partial charge on any atom is -0.497 e. The minimum absolute atomic E-state index is 0.000216. The molecule has 23 heavy (non-hydrogen) atoms. The van der Waals surface area contributed by atoms with Crippen molar-refractivity contribution in [2.75, 3.05) is 13.7 Å². The number of aliphatic carboxylic acids is 1. The van der Waals surface area contributed by atoms with E-state index >= 15 is 0 Å². The van der Waals surface area contributed by atoms with Crippen molar-refractivity contribution in [1.82, 2.24) is 4.90 Å². The van der Waals surface area contributed by atoms with E-state index in [1.54, 1.807) is 7.11 Å². The Hall–Kier alpha value is -2.04. The standard InChI is InChI=1S/C18H25NO4/c1-18(2,12-17(21)22)11-16(20)19-10-4-5-15(19)13-6-8-14(23-3)9-7-13/h6-9,15H,4-5,10-12H2,1-3H3,(H,21,22)/t15-/m1/s1. The first-order valence-electron chi connectivity index (χ1n) is 7.97. The van der Waals surface area contributed by atoms with Crippen molar-refractivity contribution in [3.63, 3.8) is 0 Å². The Labute approximate surface area is 137 Å². The molecule has 1 atom stereocenters. The summed E-state index contributed by atoms with van der Waals surface area (Å²) < 4.78 is 5.17. The highest BCUT2D eigenvalue weighted by Gasteiger charge is 2.33. The number of nitrogens with zero attached hydrogens (tertiary/aromatic N) is 1. The van der Waals surface area contributed by atoms with E-state index in [0.717, 1.165) is 30.7 Å². The molecule has 0 saturated carbocycles. The van der Waals surface area contributed by atoms with Crippen LogP contribution in [0.5, 0.6) is 5.75 Å². The normalized spacial score (nSPS) is 18.0. The number of amides is 1. The van der Waals surface area contributed by atoms with Crippen LogP contribution in [0.2, 0.25) is 0 Å². The Morgan fingerprint density at radius 3 is 2.48 bits per heavy atom. The highest BCUT2D eigenvalue weighted by Crippen LogP contribution is 2.35. The molecule has 1 N–H and O–H groups in total. The van der Waals surface area contributed by atoms with Crippen molar-refractivity contribution in [2.45, 2.75) is 45.6 Å². The van der Waals surface area contributed by atoms with Crippen LogP contribution in [0.1, 0.15) is 51.1 Å². The number of carboxylic acids is 1. The number of hydrogen-bond donors (Lipinski definition) is 1. The smallest absolute Gasteiger partial charge is 0.303 e. The largest absolute Gasteiger partial charge is 0.497 e. The Morgan fingerprint density at radius 1 is 1.26 bits per heavy atom. The SMILES string of the molecule is COc1ccc([C@H]2CCCN2C(=O)CC(C)(C)CC(=O)O)cc1. The first kappa shape index (κ1) is 17.3. The summed E-state index contributed by atoms with van der Waals surface area (Å²) in [7, 11) is 1.63. The van der Waals surface area contributed by atoms with E-state index in [9.17, 15) is 9.59 Å². The van der Waals surface area contributed by atoms with Crippen LogP contribution in [-0.4, -0.2) is 35.5 Å². The molecule has 1 amide bonds. The molecule has 1 saturated heterocycles. The van der Waals surface area contributed by atoms with Gasteiger partial charge < -0.3 is 14.7 Å². The second kappa shape index (κ2) is 7.02. The monoisotopic (exact) mass is 319 g/mol. The van der Waals surface area contributed by atoms with Crippen LogP contribution in [0.25, 0.3) is 0 Å². The van der Waals surface area contributed by atoms with E-state index < -0.39 is 11.4 Å². The maximum atomic E-state index is 12.7. The molecule has 1 aromatic rings. The quantitative estimate of drug-likeness (QED) is 0.874. The maximum absolute atomic E-state index is 12.7. The highest BCUT2D eigenvalue weighted by molar-refractivity contribution is 5.79. The molecule has 1 aromatic carbocycles. The first-order chi connectivity index (χ1) is 10.8. The molecule has 1 aliphatic heterocycles. The Bertz CT molecular complexity index is 565. The molecule has 5 heteroatoms. The average molecular weight is 319 g/mol. The highest BCUT2D eigenvalue weighted by atomic mass is 16.5. The predicted molar refractivity (Wildman–Crippen MR) is 87.3 cm³/mol. The summed E-state index contributed by atoms with van der Waals surface area (Å²) in [6.45, 7) is 4.40. The van der Waals surface area contributed by atoms with Gasteiger partial charge in [0, 0.05) is 13.0 Å². The van der Waals surface area contributed by atoms with Crippen LogP contribution in [0.4, 0.5) is 0 Å². The molecule has 2 rings (SSSR count). The Balaban J connectivity index is 2.08. The molecular formula is C18H25NO4. The zero-order valence-corrected chi connectivity index (χ0v) is 14.0. The molecule has 1 fully saturated rings. The van der Waals surface area contributed by atoms with Crippen molar-refractivity contribution in [1.29, 1.82) is 0 Å². The van der Waals surface area contributed by atoms with Gasteiger partial charge in [-0.05, 0) is 36.0 Å². The van der Waals surface area contributed by atoms with Crippen molar-refractivity contribution in [3.05, 3.63) is 29.8 Å². The number of methoxy groups -OCH3 is 1. The third-order valence-electron chi connectivity index (χ3n) is 4.33. The summed E-state index contributed by atoms with van der Waals surface area (Å²) in [5.74, 6) is -0.0299. The van der Waals surface area contributed by atoms with Gasteiger partial charge in [0.1, 0.15) is 5.75 Å². The number of benzene rings is 1. The lowest BCUT2D eigenvalue weighted by molar-refractivity contribution is -0.141. The van der Waals surface area contributed by atoms with Crippen LogP contribution in [0.3, 0.4) is 0 Å². The van der Waals surface area contributed by atoms with Crippen LogP contribution in [-0.2, 0) is 9.59 Å². The van der Waals surface area contributed by atoms with Gasteiger partial charge in [0.15, 0.2) is 0 Å². The van der Waals surface area contributed by atoms with Gasteiger partial charge in [0.05, 0.1) is 19.6 Å². The lowest BCUT2D eigenvalue weighted by Gasteiger charge is -2.29. The zero-order chi connectivity index (χ0) is 17.0. The van der Waals surface area contributed by atoms with Crippen LogP contribution >= 0.6 is 0 Å². The Kier molecular flexibility index (Phi) is 5.29.